The molecule has 18 heteroatoms. The van der Waals surface area contributed by atoms with Gasteiger partial charge >= 0.3 is 5.97 Å². The minimum Gasteiger partial charge on any atom is -0.508 e. The van der Waals surface area contributed by atoms with Gasteiger partial charge < -0.3 is 52.5 Å². The second-order valence-electron chi connectivity index (χ2n) is 15.9. The van der Waals surface area contributed by atoms with Crippen LogP contribution >= 0.6 is 12.6 Å². The quantitative estimate of drug-likeness (QED) is 0.0731. The third-order valence-corrected chi connectivity index (χ3v) is 10.6. The largest absolute Gasteiger partial charge is 0.508 e. The van der Waals surface area contributed by atoms with E-state index in [9.17, 15) is 48.9 Å². The van der Waals surface area contributed by atoms with Crippen LogP contribution in [0.25, 0.3) is 0 Å². The van der Waals surface area contributed by atoms with Crippen LogP contribution in [0, 0.1) is 11.8 Å². The number of aliphatic hydroxyl groups is 1. The molecule has 0 aromatic heterocycles. The number of hydrogen-bond donors (Lipinski definition) is 10. The van der Waals surface area contributed by atoms with Crippen molar-refractivity contribution in [1.82, 2.24) is 31.5 Å². The Kier molecular flexibility index (Phi) is 19.3. The molecule has 0 saturated carbocycles. The molecule has 0 unspecified atom stereocenters. The number of benzene rings is 2. The van der Waals surface area contributed by atoms with Gasteiger partial charge in [-0.25, -0.2) is 4.79 Å². The Hall–Kier alpha value is -5.20. The Bertz CT molecular complexity index is 1810. The highest BCUT2D eigenvalue weighted by Gasteiger charge is 2.40. The first-order valence-corrected chi connectivity index (χ1v) is 20.9. The number of nitrogens with two attached hydrogens (primary N) is 1. The summed E-state index contributed by atoms with van der Waals surface area (Å²) in [4.78, 5) is 95.4. The van der Waals surface area contributed by atoms with Gasteiger partial charge in [0.05, 0.1) is 12.6 Å². The van der Waals surface area contributed by atoms with Gasteiger partial charge in [-0.1, -0.05) is 83.9 Å². The lowest BCUT2D eigenvalue weighted by molar-refractivity contribution is -0.145. The summed E-state index contributed by atoms with van der Waals surface area (Å²) in [6.07, 6.45) is 1.42. The van der Waals surface area contributed by atoms with Crippen LogP contribution in [-0.4, -0.2) is 116 Å². The maximum absolute atomic E-state index is 14.3. The van der Waals surface area contributed by atoms with Gasteiger partial charge in [-0.3, -0.25) is 28.8 Å². The van der Waals surface area contributed by atoms with Gasteiger partial charge in [0.1, 0.15) is 42.0 Å². The first kappa shape index (κ1) is 49.2. The van der Waals surface area contributed by atoms with Crippen molar-refractivity contribution >= 4 is 54.0 Å². The number of carbonyl (C=O) groups excluding carboxylic acids is 6. The molecule has 0 spiro atoms. The van der Waals surface area contributed by atoms with Crippen LogP contribution < -0.4 is 32.3 Å². The number of phenolic OH excluding ortho intramolecular Hbond substituents is 1. The van der Waals surface area contributed by atoms with Crippen LogP contribution in [0.1, 0.15) is 77.0 Å². The summed E-state index contributed by atoms with van der Waals surface area (Å²) >= 11 is 4.37. The summed E-state index contributed by atoms with van der Waals surface area (Å²) in [5.41, 5.74) is 8.10. The monoisotopic (exact) mass is 855 g/mol. The lowest BCUT2D eigenvalue weighted by Gasteiger charge is -2.38. The van der Waals surface area contributed by atoms with Gasteiger partial charge in [-0.2, -0.15) is 12.6 Å². The van der Waals surface area contributed by atoms with Crippen molar-refractivity contribution < 1.29 is 48.9 Å². The molecule has 1 heterocycles. The van der Waals surface area contributed by atoms with Crippen molar-refractivity contribution in [2.75, 3.05) is 12.4 Å². The van der Waals surface area contributed by atoms with E-state index in [1.165, 1.54) is 29.2 Å². The zero-order valence-corrected chi connectivity index (χ0v) is 35.7. The van der Waals surface area contributed by atoms with E-state index in [1.807, 2.05) is 32.9 Å². The average molecular weight is 856 g/mol. The molecular formula is C42H61N7O10S. The van der Waals surface area contributed by atoms with Crippen molar-refractivity contribution in [3.05, 3.63) is 65.2 Å². The highest BCUT2D eigenvalue weighted by Crippen LogP contribution is 2.25. The van der Waals surface area contributed by atoms with Crippen molar-refractivity contribution in [3.63, 3.8) is 0 Å². The van der Waals surface area contributed by atoms with E-state index in [0.717, 1.165) is 11.1 Å². The fraction of sp³-hybridized carbons (Fsp3) is 0.548. The molecule has 0 aliphatic carbocycles. The third-order valence-electron chi connectivity index (χ3n) is 10.3. The molecule has 0 saturated heterocycles. The SMILES string of the molecule is CCCC[C@H](NC(=O)[C@@H]1Cc2ccccc2CN1C(=O)[C@H](CS)NC(=O)[C@H](CC(C)C)NC(=O)[C@@H](N)C(C)C)C(=O)N[C@@H](CO)C(=O)N[C@@H](Cc1ccc(O)cc1)C(=O)O. The molecule has 330 valence electrons. The molecule has 0 fully saturated rings. The number of aromatic hydroxyl groups is 1. The van der Waals surface area contributed by atoms with Crippen molar-refractivity contribution in [2.24, 2.45) is 17.6 Å². The third kappa shape index (κ3) is 14.2. The van der Waals surface area contributed by atoms with E-state index in [0.29, 0.717) is 18.4 Å². The predicted molar refractivity (Wildman–Crippen MR) is 226 cm³/mol. The number of fused-ring (bicyclic) bond motifs is 1. The van der Waals surface area contributed by atoms with E-state index < -0.39 is 90.3 Å². The lowest BCUT2D eigenvalue weighted by Crippen LogP contribution is -2.62. The molecule has 1 aliphatic heterocycles. The smallest absolute Gasteiger partial charge is 0.326 e. The van der Waals surface area contributed by atoms with E-state index in [1.54, 1.807) is 26.0 Å². The van der Waals surface area contributed by atoms with Crippen LogP contribution in [0.4, 0.5) is 0 Å². The fourth-order valence-electron chi connectivity index (χ4n) is 6.67. The molecule has 0 radical (unpaired) electrons. The summed E-state index contributed by atoms with van der Waals surface area (Å²) in [5, 5.41) is 42.4. The maximum atomic E-state index is 14.3. The summed E-state index contributed by atoms with van der Waals surface area (Å²) < 4.78 is 0. The Morgan fingerprint density at radius 2 is 1.35 bits per heavy atom. The summed E-state index contributed by atoms with van der Waals surface area (Å²) in [7, 11) is 0. The number of hydrogen-bond acceptors (Lipinski definition) is 11. The topological polar surface area (TPSA) is 270 Å². The maximum Gasteiger partial charge on any atom is 0.326 e. The molecule has 1 aliphatic rings. The summed E-state index contributed by atoms with van der Waals surface area (Å²) in [5.74, 6) is -5.95. The lowest BCUT2D eigenvalue weighted by atomic mass is 9.92. The van der Waals surface area contributed by atoms with E-state index in [-0.39, 0.29) is 55.6 Å². The summed E-state index contributed by atoms with van der Waals surface area (Å²) in [6.45, 7) is 8.32. The second kappa shape index (κ2) is 23.6. The predicted octanol–water partition coefficient (Wildman–Crippen LogP) is 0.539. The van der Waals surface area contributed by atoms with Gasteiger partial charge in [0.15, 0.2) is 0 Å². The van der Waals surface area contributed by atoms with Crippen LogP contribution in [0.5, 0.6) is 5.75 Å². The molecular weight excluding hydrogens is 795 g/mol. The van der Waals surface area contributed by atoms with Gasteiger partial charge in [-0.15, -0.1) is 0 Å². The number of aliphatic carboxylic acids is 1. The normalized spacial score (nSPS) is 16.6. The highest BCUT2D eigenvalue weighted by molar-refractivity contribution is 7.80. The number of aliphatic hydroxyl groups excluding tert-OH is 1. The number of nitrogens with zero attached hydrogens (tertiary/aromatic N) is 1. The number of phenols is 1. The van der Waals surface area contributed by atoms with E-state index in [4.69, 9.17) is 5.73 Å². The van der Waals surface area contributed by atoms with E-state index in [2.05, 4.69) is 39.2 Å². The van der Waals surface area contributed by atoms with Crippen LogP contribution in [-0.2, 0) is 52.9 Å². The van der Waals surface area contributed by atoms with Crippen LogP contribution in [0.2, 0.25) is 0 Å². The number of nitrogens with one attached hydrogen (secondary N) is 5. The number of amides is 6. The van der Waals surface area contributed by atoms with Gasteiger partial charge in [0.25, 0.3) is 0 Å². The first-order valence-electron chi connectivity index (χ1n) is 20.3. The van der Waals surface area contributed by atoms with Gasteiger partial charge in [0.2, 0.25) is 35.4 Å². The zero-order chi connectivity index (χ0) is 44.7. The standard InChI is InChI=1S/C42H61N7O10S/c1-6-7-12-29(36(52)47-32(21-50)38(54)46-31(42(58)59)18-25-13-15-28(51)16-14-25)44-39(55)34-19-26-10-8-9-11-27(26)20-49(34)41(57)33(22-60)48-37(53)30(17-23(2)3)45-40(56)35(43)24(4)5/h8-11,13-16,23-24,29-35,50-51,60H,6-7,12,17-22,43H2,1-5H3,(H,44,55)(H,45,56)(H,46,54)(H,47,52)(H,48,53)(H,58,59)/t29-,30-,31-,32-,33-,34-,35-/m0/s1. The molecule has 17 nitrogen and oxygen atoms in total. The number of unbranched alkanes of at least 4 members (excludes halogenated alkanes) is 1. The van der Waals surface area contributed by atoms with Crippen LogP contribution in [0.15, 0.2) is 48.5 Å². The minimum absolute atomic E-state index is 0.00386. The number of carboxylic acids is 1. The Morgan fingerprint density at radius 1 is 0.783 bits per heavy atom. The van der Waals surface area contributed by atoms with E-state index >= 15 is 0 Å². The molecule has 6 amide bonds. The molecule has 2 aromatic rings. The van der Waals surface area contributed by atoms with Crippen molar-refractivity contribution in [2.45, 2.75) is 122 Å². The highest BCUT2D eigenvalue weighted by atomic mass is 32.1. The number of carbonyl (C=O) groups is 7. The molecule has 7 atom stereocenters. The van der Waals surface area contributed by atoms with Crippen molar-refractivity contribution in [1.29, 1.82) is 0 Å². The first-order chi connectivity index (χ1) is 28.4. The minimum atomic E-state index is -1.58. The Balaban J connectivity index is 1.83. The average Bonchev–Trinajstić information content (AvgIpc) is 3.21. The second-order valence-corrected chi connectivity index (χ2v) is 16.2. The molecule has 10 N–H and O–H groups in total. The Labute approximate surface area is 356 Å². The van der Waals surface area contributed by atoms with Crippen LogP contribution in [0.3, 0.4) is 0 Å². The molecule has 0 bridgehead atoms. The molecule has 60 heavy (non-hydrogen) atoms. The molecule has 3 rings (SSSR count). The van der Waals surface area contributed by atoms with Gasteiger partial charge in [-0.05, 0) is 53.5 Å². The number of carboxylic acid groups (broad SMARTS) is 1. The number of thiol groups is 1. The van der Waals surface area contributed by atoms with Crippen molar-refractivity contribution in [3.8, 4) is 5.75 Å². The number of rotatable bonds is 22. The Morgan fingerprint density at radius 3 is 1.92 bits per heavy atom. The fourth-order valence-corrected chi connectivity index (χ4v) is 6.92. The summed E-state index contributed by atoms with van der Waals surface area (Å²) in [6, 6.07) is 4.52. The zero-order valence-electron chi connectivity index (χ0n) is 34.9. The molecule has 2 aromatic carbocycles. The van der Waals surface area contributed by atoms with Gasteiger partial charge in [0, 0.05) is 25.1 Å².